The number of hydrazine groups is 1. The smallest absolute Gasteiger partial charge is 0.276 e. The Balaban J connectivity index is 1.68. The first-order valence-corrected chi connectivity index (χ1v) is 7.50. The monoisotopic (exact) mass is 328 g/mol. The largest absolute Gasteiger partial charge is 0.484 e. The number of aryl methyl sites for hydroxylation is 2. The molecule has 24 heavy (non-hydrogen) atoms. The third-order valence-electron chi connectivity index (χ3n) is 3.14. The van der Waals surface area contributed by atoms with E-state index in [4.69, 9.17) is 9.47 Å². The lowest BCUT2D eigenvalue weighted by Gasteiger charge is -2.11. The average Bonchev–Trinajstić information content (AvgIpc) is 2.58. The molecule has 2 rings (SSSR count). The van der Waals surface area contributed by atoms with E-state index in [9.17, 15) is 9.59 Å². The number of hydrogen-bond donors (Lipinski definition) is 2. The normalized spacial score (nSPS) is 9.92. The number of ether oxygens (including phenoxy) is 2. The maximum atomic E-state index is 11.7. The summed E-state index contributed by atoms with van der Waals surface area (Å²) in [4.78, 5) is 23.3. The fourth-order valence-electron chi connectivity index (χ4n) is 1.98. The molecule has 0 aliphatic carbocycles. The van der Waals surface area contributed by atoms with Gasteiger partial charge in [0.05, 0.1) is 0 Å². The summed E-state index contributed by atoms with van der Waals surface area (Å²) in [6.07, 6.45) is 0. The average molecular weight is 328 g/mol. The van der Waals surface area contributed by atoms with Crippen LogP contribution in [0.1, 0.15) is 11.1 Å². The van der Waals surface area contributed by atoms with Crippen LogP contribution in [-0.2, 0) is 9.59 Å². The van der Waals surface area contributed by atoms with Crippen LogP contribution in [0.2, 0.25) is 0 Å². The van der Waals surface area contributed by atoms with Gasteiger partial charge in [-0.05, 0) is 37.6 Å². The Labute approximate surface area is 140 Å². The lowest BCUT2D eigenvalue weighted by molar-refractivity contribution is -0.131. The molecule has 0 fully saturated rings. The molecule has 0 atom stereocenters. The molecule has 0 aliphatic rings. The van der Waals surface area contributed by atoms with Gasteiger partial charge in [0.15, 0.2) is 13.2 Å². The molecule has 0 radical (unpaired) electrons. The van der Waals surface area contributed by atoms with Gasteiger partial charge in [0.1, 0.15) is 11.5 Å². The molecule has 2 aromatic rings. The van der Waals surface area contributed by atoms with E-state index in [2.05, 4.69) is 10.9 Å². The molecule has 2 amide bonds. The maximum absolute atomic E-state index is 11.7. The van der Waals surface area contributed by atoms with Gasteiger partial charge in [-0.1, -0.05) is 35.9 Å². The van der Waals surface area contributed by atoms with Crippen LogP contribution >= 0.6 is 0 Å². The van der Waals surface area contributed by atoms with Crippen LogP contribution in [0.25, 0.3) is 0 Å². The van der Waals surface area contributed by atoms with Crippen LogP contribution in [0.3, 0.4) is 0 Å². The Morgan fingerprint density at radius 1 is 0.875 bits per heavy atom. The highest BCUT2D eigenvalue weighted by molar-refractivity contribution is 5.83. The molecule has 6 heteroatoms. The quantitative estimate of drug-likeness (QED) is 0.794. The van der Waals surface area contributed by atoms with Gasteiger partial charge in [0, 0.05) is 0 Å². The van der Waals surface area contributed by atoms with Crippen LogP contribution in [0.15, 0.2) is 48.5 Å². The molecular formula is C18H20N2O4. The van der Waals surface area contributed by atoms with Crippen molar-refractivity contribution in [3.8, 4) is 11.5 Å². The van der Waals surface area contributed by atoms with Gasteiger partial charge in [-0.2, -0.15) is 0 Å². The lowest BCUT2D eigenvalue weighted by Crippen LogP contribution is -2.45. The van der Waals surface area contributed by atoms with Gasteiger partial charge in [0.2, 0.25) is 0 Å². The van der Waals surface area contributed by atoms with Crippen molar-refractivity contribution in [3.05, 3.63) is 59.7 Å². The summed E-state index contributed by atoms with van der Waals surface area (Å²) in [5.41, 5.74) is 6.61. The minimum absolute atomic E-state index is 0.191. The minimum atomic E-state index is -0.460. The summed E-state index contributed by atoms with van der Waals surface area (Å²) in [6.45, 7) is 3.51. The predicted octanol–water partition coefficient (Wildman–Crippen LogP) is 1.91. The summed E-state index contributed by atoms with van der Waals surface area (Å²) in [5.74, 6) is 0.299. The Morgan fingerprint density at radius 3 is 2.12 bits per heavy atom. The van der Waals surface area contributed by atoms with Crippen molar-refractivity contribution in [1.82, 2.24) is 10.9 Å². The van der Waals surface area contributed by atoms with Crippen LogP contribution in [0.4, 0.5) is 0 Å². The molecule has 2 aromatic carbocycles. The predicted molar refractivity (Wildman–Crippen MR) is 89.6 cm³/mol. The third-order valence-corrected chi connectivity index (χ3v) is 3.14. The molecule has 0 heterocycles. The van der Waals surface area contributed by atoms with Crippen molar-refractivity contribution in [1.29, 1.82) is 0 Å². The third kappa shape index (κ3) is 5.64. The van der Waals surface area contributed by atoms with Crippen molar-refractivity contribution in [2.75, 3.05) is 13.2 Å². The number of benzene rings is 2. The van der Waals surface area contributed by atoms with Gasteiger partial charge < -0.3 is 9.47 Å². The zero-order valence-electron chi connectivity index (χ0n) is 13.7. The van der Waals surface area contributed by atoms with E-state index in [-0.39, 0.29) is 13.2 Å². The number of para-hydroxylation sites is 1. The number of amides is 2. The van der Waals surface area contributed by atoms with Gasteiger partial charge in [0.25, 0.3) is 11.8 Å². The number of hydrogen-bond acceptors (Lipinski definition) is 4. The van der Waals surface area contributed by atoms with Crippen LogP contribution < -0.4 is 20.3 Å². The van der Waals surface area contributed by atoms with Crippen molar-refractivity contribution in [3.63, 3.8) is 0 Å². The zero-order valence-corrected chi connectivity index (χ0v) is 13.7. The van der Waals surface area contributed by atoms with Crippen LogP contribution in [0.5, 0.6) is 11.5 Å². The van der Waals surface area contributed by atoms with Gasteiger partial charge in [-0.15, -0.1) is 0 Å². The van der Waals surface area contributed by atoms with E-state index in [1.165, 1.54) is 0 Å². The molecule has 6 nitrogen and oxygen atoms in total. The second kappa shape index (κ2) is 8.57. The fraction of sp³-hybridized carbons (Fsp3) is 0.222. The number of carbonyl (C=O) groups excluding carboxylic acids is 2. The molecule has 0 saturated carbocycles. The molecule has 0 unspecified atom stereocenters. The molecule has 0 saturated heterocycles. The first-order chi connectivity index (χ1) is 11.5. The maximum Gasteiger partial charge on any atom is 0.276 e. The molecular weight excluding hydrogens is 308 g/mol. The lowest BCUT2D eigenvalue weighted by atomic mass is 10.1. The molecule has 0 aromatic heterocycles. The Kier molecular flexibility index (Phi) is 6.19. The summed E-state index contributed by atoms with van der Waals surface area (Å²) >= 11 is 0. The fourth-order valence-corrected chi connectivity index (χ4v) is 1.98. The zero-order chi connectivity index (χ0) is 17.4. The molecule has 0 spiro atoms. The van der Waals surface area contributed by atoms with Gasteiger partial charge >= 0.3 is 0 Å². The Hall–Kier alpha value is -3.02. The second-order valence-corrected chi connectivity index (χ2v) is 5.26. The van der Waals surface area contributed by atoms with Crippen molar-refractivity contribution >= 4 is 11.8 Å². The summed E-state index contributed by atoms with van der Waals surface area (Å²) in [6, 6.07) is 14.6. The standard InChI is InChI=1S/C18H20N2O4/c1-13-8-9-16(14(2)10-13)24-12-18(22)20-19-17(21)11-23-15-6-4-3-5-7-15/h3-10H,11-12H2,1-2H3,(H,19,21)(H,20,22). The molecule has 2 N–H and O–H groups in total. The summed E-state index contributed by atoms with van der Waals surface area (Å²) in [5, 5.41) is 0. The first-order valence-electron chi connectivity index (χ1n) is 7.50. The highest BCUT2D eigenvalue weighted by Gasteiger charge is 2.07. The van der Waals surface area contributed by atoms with E-state index < -0.39 is 11.8 Å². The van der Waals surface area contributed by atoms with E-state index in [1.54, 1.807) is 24.3 Å². The first kappa shape index (κ1) is 17.3. The summed E-state index contributed by atoms with van der Waals surface area (Å²) in [7, 11) is 0. The molecule has 126 valence electrons. The Morgan fingerprint density at radius 2 is 1.50 bits per heavy atom. The minimum Gasteiger partial charge on any atom is -0.484 e. The van der Waals surface area contributed by atoms with Gasteiger partial charge in [-0.3, -0.25) is 20.4 Å². The SMILES string of the molecule is Cc1ccc(OCC(=O)NNC(=O)COc2ccccc2)c(C)c1. The van der Waals surface area contributed by atoms with Crippen molar-refractivity contribution < 1.29 is 19.1 Å². The van der Waals surface area contributed by atoms with Crippen LogP contribution in [0, 0.1) is 13.8 Å². The van der Waals surface area contributed by atoms with E-state index >= 15 is 0 Å². The highest BCUT2D eigenvalue weighted by Crippen LogP contribution is 2.18. The van der Waals surface area contributed by atoms with E-state index in [0.717, 1.165) is 11.1 Å². The number of nitrogens with one attached hydrogen (secondary N) is 2. The van der Waals surface area contributed by atoms with E-state index in [0.29, 0.717) is 11.5 Å². The molecule has 0 bridgehead atoms. The number of carbonyl (C=O) groups is 2. The summed E-state index contributed by atoms with van der Waals surface area (Å²) < 4.78 is 10.7. The van der Waals surface area contributed by atoms with E-state index in [1.807, 2.05) is 38.1 Å². The van der Waals surface area contributed by atoms with Crippen molar-refractivity contribution in [2.45, 2.75) is 13.8 Å². The number of rotatable bonds is 6. The highest BCUT2D eigenvalue weighted by atomic mass is 16.5. The second-order valence-electron chi connectivity index (χ2n) is 5.26. The Bertz CT molecular complexity index is 701. The van der Waals surface area contributed by atoms with Crippen LogP contribution in [-0.4, -0.2) is 25.0 Å². The van der Waals surface area contributed by atoms with Crippen molar-refractivity contribution in [2.24, 2.45) is 0 Å². The molecule has 0 aliphatic heterocycles. The van der Waals surface area contributed by atoms with Gasteiger partial charge in [-0.25, -0.2) is 0 Å². The topological polar surface area (TPSA) is 76.7 Å².